The van der Waals surface area contributed by atoms with Gasteiger partial charge in [0.25, 0.3) is 0 Å². The number of rotatable bonds is 5. The van der Waals surface area contributed by atoms with E-state index in [1.807, 2.05) is 0 Å². The van der Waals surface area contributed by atoms with E-state index in [4.69, 9.17) is 0 Å². The van der Waals surface area contributed by atoms with E-state index >= 15 is 0 Å². The molecule has 1 aliphatic carbocycles. The van der Waals surface area contributed by atoms with Gasteiger partial charge in [-0.15, -0.1) is 0 Å². The lowest BCUT2D eigenvalue weighted by Crippen LogP contribution is -2.38. The van der Waals surface area contributed by atoms with Crippen molar-refractivity contribution in [3.05, 3.63) is 0 Å². The molecule has 1 aliphatic rings. The maximum atomic E-state index is 12.1. The van der Waals surface area contributed by atoms with Crippen LogP contribution in [0.1, 0.15) is 66.2 Å². The largest absolute Gasteiger partial charge is 0.312 e. The molecule has 0 aromatic carbocycles. The SMILES string of the molecule is CCC1CCCC(C(=O)CCNC(C)(C)C)C1. The standard InChI is InChI=1S/C15H29NO/c1-5-12-7-6-8-13(11-12)14(17)9-10-16-15(2,3)4/h12-13,16H,5-11H2,1-4H3. The molecule has 0 amide bonds. The number of hydrogen-bond donors (Lipinski definition) is 1. The lowest BCUT2D eigenvalue weighted by atomic mass is 9.78. The minimum atomic E-state index is 0.124. The summed E-state index contributed by atoms with van der Waals surface area (Å²) in [6.45, 7) is 9.51. The van der Waals surface area contributed by atoms with Gasteiger partial charge in [-0.25, -0.2) is 0 Å². The fourth-order valence-corrected chi connectivity index (χ4v) is 2.72. The molecule has 0 heterocycles. The van der Waals surface area contributed by atoms with Crippen molar-refractivity contribution in [2.24, 2.45) is 11.8 Å². The number of hydrogen-bond acceptors (Lipinski definition) is 2. The normalized spacial score (nSPS) is 25.9. The van der Waals surface area contributed by atoms with Crippen molar-refractivity contribution in [1.82, 2.24) is 5.32 Å². The second-order valence-corrected chi connectivity index (χ2v) is 6.53. The molecule has 0 saturated heterocycles. The van der Waals surface area contributed by atoms with E-state index in [-0.39, 0.29) is 5.54 Å². The first-order valence-electron chi connectivity index (χ1n) is 7.20. The third kappa shape index (κ3) is 5.67. The fourth-order valence-electron chi connectivity index (χ4n) is 2.72. The Morgan fingerprint density at radius 1 is 1.29 bits per heavy atom. The van der Waals surface area contributed by atoms with Gasteiger partial charge < -0.3 is 5.32 Å². The van der Waals surface area contributed by atoms with E-state index in [0.29, 0.717) is 18.1 Å². The van der Waals surface area contributed by atoms with Crippen LogP contribution >= 0.6 is 0 Å². The second-order valence-electron chi connectivity index (χ2n) is 6.53. The Morgan fingerprint density at radius 2 is 2.00 bits per heavy atom. The molecule has 0 aliphatic heterocycles. The van der Waals surface area contributed by atoms with Crippen LogP contribution in [0.2, 0.25) is 0 Å². The minimum absolute atomic E-state index is 0.124. The summed E-state index contributed by atoms with van der Waals surface area (Å²) < 4.78 is 0. The molecular weight excluding hydrogens is 210 g/mol. The Bertz CT molecular complexity index is 242. The van der Waals surface area contributed by atoms with Gasteiger partial charge in [0.2, 0.25) is 0 Å². The van der Waals surface area contributed by atoms with Crippen molar-refractivity contribution in [3.63, 3.8) is 0 Å². The van der Waals surface area contributed by atoms with Crippen LogP contribution in [0.25, 0.3) is 0 Å². The Balaban J connectivity index is 2.27. The molecule has 0 aromatic rings. The molecule has 1 N–H and O–H groups in total. The predicted molar refractivity (Wildman–Crippen MR) is 73.1 cm³/mol. The van der Waals surface area contributed by atoms with Crippen LogP contribution < -0.4 is 5.32 Å². The second kappa shape index (κ2) is 6.53. The van der Waals surface area contributed by atoms with Crippen LogP contribution in [0.15, 0.2) is 0 Å². The molecule has 0 radical (unpaired) electrons. The van der Waals surface area contributed by atoms with Crippen molar-refractivity contribution < 1.29 is 4.79 Å². The molecule has 0 aromatic heterocycles. The molecule has 1 saturated carbocycles. The summed E-state index contributed by atoms with van der Waals surface area (Å²) in [5.41, 5.74) is 0.124. The number of carbonyl (C=O) groups excluding carboxylic acids is 1. The molecule has 100 valence electrons. The van der Waals surface area contributed by atoms with Gasteiger partial charge in [0, 0.05) is 24.4 Å². The van der Waals surface area contributed by atoms with Crippen molar-refractivity contribution in [2.45, 2.75) is 71.8 Å². The molecular formula is C15H29NO. The Kier molecular flexibility index (Phi) is 5.64. The maximum Gasteiger partial charge on any atom is 0.137 e. The maximum absolute atomic E-state index is 12.1. The molecule has 2 atom stereocenters. The highest BCUT2D eigenvalue weighted by atomic mass is 16.1. The molecule has 2 unspecified atom stereocenters. The Morgan fingerprint density at radius 3 is 2.59 bits per heavy atom. The fraction of sp³-hybridized carbons (Fsp3) is 0.933. The number of ketones is 1. The number of nitrogens with one attached hydrogen (secondary N) is 1. The summed E-state index contributed by atoms with van der Waals surface area (Å²) in [4.78, 5) is 12.1. The summed E-state index contributed by atoms with van der Waals surface area (Å²) >= 11 is 0. The first-order chi connectivity index (χ1) is 7.92. The third-order valence-electron chi connectivity index (χ3n) is 3.84. The summed E-state index contributed by atoms with van der Waals surface area (Å²) in [7, 11) is 0. The summed E-state index contributed by atoms with van der Waals surface area (Å²) in [5.74, 6) is 1.64. The third-order valence-corrected chi connectivity index (χ3v) is 3.84. The highest BCUT2D eigenvalue weighted by Gasteiger charge is 2.25. The van der Waals surface area contributed by atoms with Crippen LogP contribution in [0.4, 0.5) is 0 Å². The minimum Gasteiger partial charge on any atom is -0.312 e. The zero-order chi connectivity index (χ0) is 12.9. The average Bonchev–Trinajstić information content (AvgIpc) is 2.27. The highest BCUT2D eigenvalue weighted by molar-refractivity contribution is 5.81. The summed E-state index contributed by atoms with van der Waals surface area (Å²) in [6, 6.07) is 0. The molecule has 2 nitrogen and oxygen atoms in total. The van der Waals surface area contributed by atoms with Crippen LogP contribution in [-0.4, -0.2) is 17.9 Å². The molecule has 0 spiro atoms. The first-order valence-corrected chi connectivity index (χ1v) is 7.20. The lowest BCUT2D eigenvalue weighted by molar-refractivity contribution is -0.124. The zero-order valence-corrected chi connectivity index (χ0v) is 12.0. The van der Waals surface area contributed by atoms with Crippen LogP contribution in [-0.2, 0) is 4.79 Å². The molecule has 17 heavy (non-hydrogen) atoms. The summed E-state index contributed by atoms with van der Waals surface area (Å²) in [5, 5.41) is 3.40. The highest BCUT2D eigenvalue weighted by Crippen LogP contribution is 2.31. The molecule has 0 bridgehead atoms. The van der Waals surface area contributed by atoms with Gasteiger partial charge in [-0.1, -0.05) is 26.2 Å². The van der Waals surface area contributed by atoms with Crippen molar-refractivity contribution >= 4 is 5.78 Å². The number of carbonyl (C=O) groups is 1. The van der Waals surface area contributed by atoms with E-state index in [2.05, 4.69) is 33.0 Å². The topological polar surface area (TPSA) is 29.1 Å². The van der Waals surface area contributed by atoms with Crippen LogP contribution in [0.5, 0.6) is 0 Å². The van der Waals surface area contributed by atoms with E-state index in [9.17, 15) is 4.79 Å². The Labute approximate surface area is 107 Å². The van der Waals surface area contributed by atoms with Gasteiger partial charge in [0.15, 0.2) is 0 Å². The molecule has 1 rings (SSSR count). The van der Waals surface area contributed by atoms with E-state index in [1.54, 1.807) is 0 Å². The summed E-state index contributed by atoms with van der Waals surface area (Å²) in [6.07, 6.45) is 6.81. The van der Waals surface area contributed by atoms with E-state index < -0.39 is 0 Å². The monoisotopic (exact) mass is 239 g/mol. The molecule has 2 heteroatoms. The zero-order valence-electron chi connectivity index (χ0n) is 12.0. The van der Waals surface area contributed by atoms with Crippen molar-refractivity contribution in [1.29, 1.82) is 0 Å². The van der Waals surface area contributed by atoms with Gasteiger partial charge in [0.05, 0.1) is 0 Å². The smallest absolute Gasteiger partial charge is 0.137 e. The van der Waals surface area contributed by atoms with Crippen LogP contribution in [0, 0.1) is 11.8 Å². The van der Waals surface area contributed by atoms with Crippen LogP contribution in [0.3, 0.4) is 0 Å². The number of Topliss-reactive ketones (excluding diaryl/α,β-unsaturated/α-hetero) is 1. The first kappa shape index (κ1) is 14.7. The van der Waals surface area contributed by atoms with Gasteiger partial charge in [-0.2, -0.15) is 0 Å². The van der Waals surface area contributed by atoms with Crippen molar-refractivity contribution in [3.8, 4) is 0 Å². The van der Waals surface area contributed by atoms with Gasteiger partial charge in [-0.05, 0) is 39.5 Å². The van der Waals surface area contributed by atoms with Gasteiger partial charge >= 0.3 is 0 Å². The molecule has 1 fully saturated rings. The van der Waals surface area contributed by atoms with Gasteiger partial charge in [0.1, 0.15) is 5.78 Å². The quantitative estimate of drug-likeness (QED) is 0.795. The lowest BCUT2D eigenvalue weighted by Gasteiger charge is -2.28. The van der Waals surface area contributed by atoms with Gasteiger partial charge in [-0.3, -0.25) is 4.79 Å². The van der Waals surface area contributed by atoms with E-state index in [0.717, 1.165) is 25.3 Å². The Hall–Kier alpha value is -0.370. The van der Waals surface area contributed by atoms with E-state index in [1.165, 1.54) is 19.3 Å². The average molecular weight is 239 g/mol. The van der Waals surface area contributed by atoms with Crippen molar-refractivity contribution in [2.75, 3.05) is 6.54 Å². The predicted octanol–water partition coefficient (Wildman–Crippen LogP) is 3.55.